The molecule has 72 valence electrons. The van der Waals surface area contributed by atoms with Gasteiger partial charge in [0.05, 0.1) is 16.5 Å². The molecule has 0 aromatic heterocycles. The molecule has 0 heterocycles. The second kappa shape index (κ2) is 4.39. The lowest BCUT2D eigenvalue weighted by atomic mass is 10.0. The summed E-state index contributed by atoms with van der Waals surface area (Å²) in [5.74, 6) is 0.00496. The summed E-state index contributed by atoms with van der Waals surface area (Å²) in [6.45, 7) is 3.42. The van der Waals surface area contributed by atoms with Gasteiger partial charge in [-0.05, 0) is 31.0 Å². The number of hydrogen-bond donors (Lipinski definition) is 0. The van der Waals surface area contributed by atoms with E-state index >= 15 is 0 Å². The van der Waals surface area contributed by atoms with Gasteiger partial charge in [0.1, 0.15) is 5.78 Å². The average Bonchev–Trinajstić information content (AvgIpc) is 2.16. The van der Waals surface area contributed by atoms with Crippen molar-refractivity contribution in [3.63, 3.8) is 0 Å². The Morgan fingerprint density at radius 3 is 2.71 bits per heavy atom. The van der Waals surface area contributed by atoms with Gasteiger partial charge in [0.2, 0.25) is 0 Å². The number of carbonyl (C=O) groups is 1. The molecule has 3 heteroatoms. The molecule has 1 rings (SSSR count). The van der Waals surface area contributed by atoms with E-state index in [1.54, 1.807) is 6.07 Å². The summed E-state index contributed by atoms with van der Waals surface area (Å²) in [5.41, 5.74) is 2.32. The molecule has 0 bridgehead atoms. The van der Waals surface area contributed by atoms with Crippen LogP contribution in [0.5, 0.6) is 0 Å². The number of Topliss-reactive ketones (excluding diaryl/α,β-unsaturated/α-hetero) is 1. The Kier molecular flexibility index (Phi) is 3.43. The lowest BCUT2D eigenvalue weighted by Crippen LogP contribution is -2.03. The fourth-order valence-electron chi connectivity index (χ4n) is 1.21. The summed E-state index contributed by atoms with van der Waals surface area (Å²) in [6, 6.07) is 7.58. The Bertz CT molecular complexity index is 406. The van der Waals surface area contributed by atoms with Gasteiger partial charge in [-0.3, -0.25) is 4.79 Å². The number of rotatable bonds is 2. The quantitative estimate of drug-likeness (QED) is 0.759. The van der Waals surface area contributed by atoms with Crippen molar-refractivity contribution in [2.24, 2.45) is 0 Å². The molecule has 0 saturated carbocycles. The molecular formula is C11H10BrNO. The highest BCUT2D eigenvalue weighted by molar-refractivity contribution is 9.09. The molecular weight excluding hydrogens is 242 g/mol. The first-order chi connectivity index (χ1) is 6.56. The zero-order chi connectivity index (χ0) is 10.7. The van der Waals surface area contributed by atoms with E-state index in [4.69, 9.17) is 5.26 Å². The molecule has 0 spiro atoms. The van der Waals surface area contributed by atoms with Crippen molar-refractivity contribution < 1.29 is 4.79 Å². The maximum atomic E-state index is 11.1. The van der Waals surface area contributed by atoms with Gasteiger partial charge >= 0.3 is 0 Å². The van der Waals surface area contributed by atoms with Gasteiger partial charge in [-0.15, -0.1) is 0 Å². The highest BCUT2D eigenvalue weighted by atomic mass is 79.9. The fraction of sp³-hybridized carbons (Fsp3) is 0.273. The molecule has 1 aromatic carbocycles. The highest BCUT2D eigenvalue weighted by Gasteiger charge is 2.16. The van der Waals surface area contributed by atoms with Crippen molar-refractivity contribution in [3.8, 4) is 6.07 Å². The zero-order valence-electron chi connectivity index (χ0n) is 8.04. The predicted molar refractivity (Wildman–Crippen MR) is 58.2 cm³/mol. The van der Waals surface area contributed by atoms with Crippen LogP contribution >= 0.6 is 15.9 Å². The minimum Gasteiger partial charge on any atom is -0.298 e. The van der Waals surface area contributed by atoms with Crippen LogP contribution in [0.1, 0.15) is 28.4 Å². The van der Waals surface area contributed by atoms with Crippen LogP contribution < -0.4 is 0 Å². The monoisotopic (exact) mass is 251 g/mol. The Hall–Kier alpha value is -1.14. The molecule has 1 atom stereocenters. The Morgan fingerprint density at radius 1 is 1.57 bits per heavy atom. The smallest absolute Gasteiger partial charge is 0.147 e. The van der Waals surface area contributed by atoms with Crippen molar-refractivity contribution in [2.75, 3.05) is 0 Å². The number of benzene rings is 1. The Morgan fingerprint density at radius 2 is 2.21 bits per heavy atom. The van der Waals surface area contributed by atoms with Gasteiger partial charge < -0.3 is 0 Å². The number of ketones is 1. The molecule has 0 N–H and O–H groups in total. The SMILES string of the molecule is CC(=O)C(Br)c1ccc(C)cc1C#N. The summed E-state index contributed by atoms with van der Waals surface area (Å²) in [7, 11) is 0. The Balaban J connectivity index is 3.22. The first kappa shape index (κ1) is 10.9. The van der Waals surface area contributed by atoms with Crippen molar-refractivity contribution in [3.05, 3.63) is 34.9 Å². The second-order valence-corrected chi connectivity index (χ2v) is 4.09. The Labute approximate surface area is 91.7 Å². The van der Waals surface area contributed by atoms with Crippen LogP contribution in [0.4, 0.5) is 0 Å². The standard InChI is InChI=1S/C11H10BrNO/c1-7-3-4-10(9(5-7)6-13)11(12)8(2)14/h3-5,11H,1-2H3. The number of alkyl halides is 1. The highest BCUT2D eigenvalue weighted by Crippen LogP contribution is 2.27. The van der Waals surface area contributed by atoms with Crippen LogP contribution in [0, 0.1) is 18.3 Å². The third-order valence-corrected chi connectivity index (χ3v) is 3.10. The molecule has 0 amide bonds. The van der Waals surface area contributed by atoms with Gasteiger partial charge in [0.15, 0.2) is 0 Å². The van der Waals surface area contributed by atoms with E-state index in [0.717, 1.165) is 11.1 Å². The number of nitrogens with zero attached hydrogens (tertiary/aromatic N) is 1. The minimum absolute atomic E-state index is 0.00496. The van der Waals surface area contributed by atoms with Gasteiger partial charge in [0, 0.05) is 0 Å². The second-order valence-electron chi connectivity index (χ2n) is 3.18. The average molecular weight is 252 g/mol. The number of nitriles is 1. The number of aryl methyl sites for hydroxylation is 1. The zero-order valence-corrected chi connectivity index (χ0v) is 9.63. The molecule has 0 aliphatic heterocycles. The first-order valence-corrected chi connectivity index (χ1v) is 5.13. The van der Waals surface area contributed by atoms with E-state index in [9.17, 15) is 4.79 Å². The molecule has 0 aliphatic carbocycles. The molecule has 0 radical (unpaired) electrons. The van der Waals surface area contributed by atoms with Crippen molar-refractivity contribution in [2.45, 2.75) is 18.7 Å². The summed E-state index contributed by atoms with van der Waals surface area (Å²) >= 11 is 3.27. The van der Waals surface area contributed by atoms with E-state index in [-0.39, 0.29) is 10.6 Å². The first-order valence-electron chi connectivity index (χ1n) is 4.21. The molecule has 1 unspecified atom stereocenters. The van der Waals surface area contributed by atoms with E-state index in [1.165, 1.54) is 6.92 Å². The van der Waals surface area contributed by atoms with Crippen LogP contribution in [0.2, 0.25) is 0 Å². The number of halogens is 1. The molecule has 0 fully saturated rings. The van der Waals surface area contributed by atoms with E-state index in [1.807, 2.05) is 19.1 Å². The molecule has 0 aliphatic rings. The van der Waals surface area contributed by atoms with Crippen LogP contribution in [0.3, 0.4) is 0 Å². The summed E-state index contributed by atoms with van der Waals surface area (Å²) in [4.78, 5) is 10.8. The van der Waals surface area contributed by atoms with Crippen molar-refractivity contribution in [1.82, 2.24) is 0 Å². The maximum Gasteiger partial charge on any atom is 0.147 e. The molecule has 14 heavy (non-hydrogen) atoms. The predicted octanol–water partition coefficient (Wildman–Crippen LogP) is 2.89. The van der Waals surface area contributed by atoms with Gasteiger partial charge in [-0.1, -0.05) is 28.1 Å². The maximum absolute atomic E-state index is 11.1. The van der Waals surface area contributed by atoms with E-state index in [0.29, 0.717) is 5.56 Å². The molecule has 1 aromatic rings. The van der Waals surface area contributed by atoms with Crippen molar-refractivity contribution >= 4 is 21.7 Å². The van der Waals surface area contributed by atoms with Crippen LogP contribution in [0.25, 0.3) is 0 Å². The van der Waals surface area contributed by atoms with E-state index in [2.05, 4.69) is 22.0 Å². The van der Waals surface area contributed by atoms with Gasteiger partial charge in [-0.25, -0.2) is 0 Å². The van der Waals surface area contributed by atoms with Crippen LogP contribution in [-0.2, 0) is 4.79 Å². The topological polar surface area (TPSA) is 40.9 Å². The lowest BCUT2D eigenvalue weighted by molar-refractivity contribution is -0.116. The summed E-state index contributed by atoms with van der Waals surface area (Å²) in [5, 5.41) is 8.89. The third kappa shape index (κ3) is 2.21. The molecule has 2 nitrogen and oxygen atoms in total. The van der Waals surface area contributed by atoms with Gasteiger partial charge in [-0.2, -0.15) is 5.26 Å². The fourth-order valence-corrected chi connectivity index (χ4v) is 1.61. The summed E-state index contributed by atoms with van der Waals surface area (Å²) in [6.07, 6.45) is 0. The third-order valence-electron chi connectivity index (χ3n) is 1.96. The largest absolute Gasteiger partial charge is 0.298 e. The number of hydrogen-bond acceptors (Lipinski definition) is 2. The van der Waals surface area contributed by atoms with Crippen molar-refractivity contribution in [1.29, 1.82) is 5.26 Å². The minimum atomic E-state index is -0.377. The van der Waals surface area contributed by atoms with Gasteiger partial charge in [0.25, 0.3) is 0 Å². The number of carbonyl (C=O) groups excluding carboxylic acids is 1. The lowest BCUT2D eigenvalue weighted by Gasteiger charge is -2.08. The molecule has 0 saturated heterocycles. The normalized spacial score (nSPS) is 11.9. The van der Waals surface area contributed by atoms with Crippen LogP contribution in [-0.4, -0.2) is 5.78 Å². The van der Waals surface area contributed by atoms with E-state index < -0.39 is 0 Å². The summed E-state index contributed by atoms with van der Waals surface area (Å²) < 4.78 is 0. The van der Waals surface area contributed by atoms with Crippen LogP contribution in [0.15, 0.2) is 18.2 Å².